The summed E-state index contributed by atoms with van der Waals surface area (Å²) in [5, 5.41) is 5.36. The van der Waals surface area contributed by atoms with E-state index in [1.165, 1.54) is 0 Å². The lowest BCUT2D eigenvalue weighted by molar-refractivity contribution is -0.125. The zero-order valence-electron chi connectivity index (χ0n) is 14.9. The van der Waals surface area contributed by atoms with E-state index in [2.05, 4.69) is 10.6 Å². The lowest BCUT2D eigenvalue weighted by Crippen LogP contribution is -2.37. The summed E-state index contributed by atoms with van der Waals surface area (Å²) in [6.45, 7) is 2.30. The fraction of sp³-hybridized carbons (Fsp3) is 0.250. The van der Waals surface area contributed by atoms with Crippen LogP contribution in [0.4, 0.5) is 5.69 Å². The third kappa shape index (κ3) is 4.63. The van der Waals surface area contributed by atoms with E-state index in [1.54, 1.807) is 36.4 Å². The molecule has 0 spiro atoms. The number of anilines is 1. The molecule has 1 unspecified atom stereocenters. The molecule has 3 rings (SSSR count). The van der Waals surface area contributed by atoms with Crippen molar-refractivity contribution in [2.75, 3.05) is 18.5 Å². The van der Waals surface area contributed by atoms with E-state index in [-0.39, 0.29) is 12.5 Å². The van der Waals surface area contributed by atoms with Crippen molar-refractivity contribution in [3.63, 3.8) is 0 Å². The van der Waals surface area contributed by atoms with Crippen LogP contribution in [-0.4, -0.2) is 37.0 Å². The van der Waals surface area contributed by atoms with Crippen molar-refractivity contribution in [2.24, 2.45) is 0 Å². The van der Waals surface area contributed by atoms with Crippen molar-refractivity contribution in [3.8, 4) is 5.75 Å². The van der Waals surface area contributed by atoms with Crippen LogP contribution in [-0.2, 0) is 20.7 Å². The number of fused-ring (bicyclic) bond motifs is 1. The van der Waals surface area contributed by atoms with Gasteiger partial charge in [0.25, 0.3) is 11.8 Å². The largest absolute Gasteiger partial charge is 0.484 e. The summed E-state index contributed by atoms with van der Waals surface area (Å²) in [7, 11) is 0. The first-order valence-corrected chi connectivity index (χ1v) is 8.66. The highest BCUT2D eigenvalue weighted by Crippen LogP contribution is 2.22. The van der Waals surface area contributed by atoms with Gasteiger partial charge in [-0.15, -0.1) is 0 Å². The molecule has 0 radical (unpaired) electrons. The number of hydrogen-bond acceptors (Lipinski definition) is 5. The molecule has 1 atom stereocenters. The van der Waals surface area contributed by atoms with Crippen LogP contribution >= 0.6 is 0 Å². The summed E-state index contributed by atoms with van der Waals surface area (Å²) in [5.41, 5.74) is 1.83. The number of ether oxygens (including phenoxy) is 2. The Morgan fingerprint density at radius 2 is 1.89 bits per heavy atom. The van der Waals surface area contributed by atoms with Crippen molar-refractivity contribution in [1.82, 2.24) is 5.32 Å². The van der Waals surface area contributed by atoms with Gasteiger partial charge in [0.15, 0.2) is 12.7 Å². The van der Waals surface area contributed by atoms with Crippen LogP contribution in [0.2, 0.25) is 0 Å². The van der Waals surface area contributed by atoms with Gasteiger partial charge in [0.1, 0.15) is 5.75 Å². The van der Waals surface area contributed by atoms with E-state index in [0.717, 1.165) is 5.56 Å². The molecular weight excluding hydrogens is 348 g/mol. The normalized spacial score (nSPS) is 15.3. The second kappa shape index (κ2) is 8.35. The number of esters is 1. The molecule has 0 aromatic heterocycles. The molecule has 0 fully saturated rings. The van der Waals surface area contributed by atoms with E-state index >= 15 is 0 Å². The average Bonchev–Trinajstić information content (AvgIpc) is 2.67. The van der Waals surface area contributed by atoms with Gasteiger partial charge >= 0.3 is 5.97 Å². The number of carbonyl (C=O) groups is 3. The second-order valence-electron chi connectivity index (χ2n) is 6.01. The second-order valence-corrected chi connectivity index (χ2v) is 6.01. The molecule has 7 nitrogen and oxygen atoms in total. The highest BCUT2D eigenvalue weighted by molar-refractivity contribution is 6.00. The molecule has 1 aliphatic rings. The Labute approximate surface area is 156 Å². The van der Waals surface area contributed by atoms with Gasteiger partial charge in [-0.1, -0.05) is 18.2 Å². The topological polar surface area (TPSA) is 93.7 Å². The molecule has 2 aromatic carbocycles. The van der Waals surface area contributed by atoms with Gasteiger partial charge in [0.05, 0.1) is 5.56 Å². The van der Waals surface area contributed by atoms with E-state index in [0.29, 0.717) is 30.0 Å². The van der Waals surface area contributed by atoms with Gasteiger partial charge in [0.2, 0.25) is 0 Å². The van der Waals surface area contributed by atoms with Gasteiger partial charge < -0.3 is 20.1 Å². The van der Waals surface area contributed by atoms with Crippen LogP contribution in [0.25, 0.3) is 0 Å². The summed E-state index contributed by atoms with van der Waals surface area (Å²) >= 11 is 0. The Hall–Kier alpha value is -3.35. The van der Waals surface area contributed by atoms with Crippen molar-refractivity contribution in [1.29, 1.82) is 0 Å². The minimum Gasteiger partial charge on any atom is -0.484 e. The van der Waals surface area contributed by atoms with Crippen LogP contribution in [0.15, 0.2) is 48.5 Å². The predicted octanol–water partition coefficient (Wildman–Crippen LogP) is 1.92. The van der Waals surface area contributed by atoms with E-state index < -0.39 is 18.0 Å². The Bertz CT molecular complexity index is 848. The summed E-state index contributed by atoms with van der Waals surface area (Å²) in [4.78, 5) is 35.8. The third-order valence-electron chi connectivity index (χ3n) is 4.05. The highest BCUT2D eigenvalue weighted by Gasteiger charge is 2.31. The van der Waals surface area contributed by atoms with Crippen LogP contribution < -0.4 is 15.4 Å². The molecule has 7 heteroatoms. The molecule has 1 aliphatic heterocycles. The van der Waals surface area contributed by atoms with Crippen LogP contribution in [0, 0.1) is 0 Å². The standard InChI is InChI=1S/C20H20N2O5/c1-2-21-18(23)12-26-15-9-7-14(8-10-15)22-19(24)17-11-13-5-3-4-6-16(13)20(25)27-17/h3-10,17H,2,11-12H2,1H3,(H,21,23)(H,22,24). The number of benzene rings is 2. The number of amides is 2. The van der Waals surface area contributed by atoms with Crippen molar-refractivity contribution < 1.29 is 23.9 Å². The quantitative estimate of drug-likeness (QED) is 0.760. The lowest BCUT2D eigenvalue weighted by Gasteiger charge is -2.23. The Morgan fingerprint density at radius 1 is 1.15 bits per heavy atom. The zero-order valence-corrected chi connectivity index (χ0v) is 14.9. The van der Waals surface area contributed by atoms with Crippen molar-refractivity contribution in [3.05, 3.63) is 59.7 Å². The first kappa shape index (κ1) is 18.4. The molecule has 0 saturated carbocycles. The van der Waals surface area contributed by atoms with E-state index in [9.17, 15) is 14.4 Å². The summed E-state index contributed by atoms with van der Waals surface area (Å²) in [6.07, 6.45) is -0.539. The Kier molecular flexibility index (Phi) is 5.71. The smallest absolute Gasteiger partial charge is 0.339 e. The minimum absolute atomic E-state index is 0.0724. The summed E-state index contributed by atoms with van der Waals surface area (Å²) in [5.74, 6) is -0.577. The lowest BCUT2D eigenvalue weighted by atomic mass is 9.98. The molecule has 2 N–H and O–H groups in total. The number of rotatable bonds is 6. The number of carbonyl (C=O) groups excluding carboxylic acids is 3. The number of likely N-dealkylation sites (N-methyl/N-ethyl adjacent to an activating group) is 1. The van der Waals surface area contributed by atoms with Gasteiger partial charge in [0, 0.05) is 18.7 Å². The molecule has 0 bridgehead atoms. The number of hydrogen-bond donors (Lipinski definition) is 2. The Morgan fingerprint density at radius 3 is 2.63 bits per heavy atom. The first-order chi connectivity index (χ1) is 13.1. The minimum atomic E-state index is -0.874. The predicted molar refractivity (Wildman–Crippen MR) is 98.6 cm³/mol. The summed E-state index contributed by atoms with van der Waals surface area (Å²) < 4.78 is 10.6. The summed E-state index contributed by atoms with van der Waals surface area (Å²) in [6, 6.07) is 13.7. The van der Waals surface area contributed by atoms with Crippen molar-refractivity contribution in [2.45, 2.75) is 19.4 Å². The Balaban J connectivity index is 1.57. The highest BCUT2D eigenvalue weighted by atomic mass is 16.5. The molecule has 140 valence electrons. The molecule has 0 saturated heterocycles. The molecular formula is C20H20N2O5. The van der Waals surface area contributed by atoms with Crippen LogP contribution in [0.5, 0.6) is 5.75 Å². The fourth-order valence-electron chi connectivity index (χ4n) is 2.73. The van der Waals surface area contributed by atoms with Crippen LogP contribution in [0.3, 0.4) is 0 Å². The molecule has 2 aromatic rings. The maximum Gasteiger partial charge on any atom is 0.339 e. The fourth-order valence-corrected chi connectivity index (χ4v) is 2.73. The van der Waals surface area contributed by atoms with E-state index in [4.69, 9.17) is 9.47 Å². The third-order valence-corrected chi connectivity index (χ3v) is 4.05. The molecule has 0 aliphatic carbocycles. The molecule has 2 amide bonds. The SMILES string of the molecule is CCNC(=O)COc1ccc(NC(=O)C2Cc3ccccc3C(=O)O2)cc1. The maximum atomic E-state index is 12.4. The van der Waals surface area contributed by atoms with Crippen molar-refractivity contribution >= 4 is 23.5 Å². The molecule has 1 heterocycles. The van der Waals surface area contributed by atoms with Gasteiger partial charge in [-0.3, -0.25) is 9.59 Å². The zero-order chi connectivity index (χ0) is 19.2. The maximum absolute atomic E-state index is 12.4. The average molecular weight is 368 g/mol. The number of cyclic esters (lactones) is 1. The van der Waals surface area contributed by atoms with E-state index in [1.807, 2.05) is 19.1 Å². The van der Waals surface area contributed by atoms with Gasteiger partial charge in [-0.25, -0.2) is 4.79 Å². The monoisotopic (exact) mass is 368 g/mol. The van der Waals surface area contributed by atoms with Gasteiger partial charge in [-0.05, 0) is 42.8 Å². The first-order valence-electron chi connectivity index (χ1n) is 8.66. The number of nitrogens with one attached hydrogen (secondary N) is 2. The van der Waals surface area contributed by atoms with Crippen LogP contribution in [0.1, 0.15) is 22.8 Å². The van der Waals surface area contributed by atoms with Gasteiger partial charge in [-0.2, -0.15) is 0 Å². The molecule has 27 heavy (non-hydrogen) atoms.